The molecule has 168 valence electrons. The van der Waals surface area contributed by atoms with Crippen LogP contribution in [0, 0.1) is 0 Å². The summed E-state index contributed by atoms with van der Waals surface area (Å²) in [6, 6.07) is 19.9. The van der Waals surface area contributed by atoms with Crippen molar-refractivity contribution in [2.24, 2.45) is 0 Å². The van der Waals surface area contributed by atoms with Gasteiger partial charge in [0.15, 0.2) is 11.5 Å². The number of nitrogen functional groups attached to an aromatic ring is 6. The predicted molar refractivity (Wildman–Crippen MR) is 132 cm³/mol. The normalized spacial score (nSPS) is 10.5. The van der Waals surface area contributed by atoms with Gasteiger partial charge >= 0.3 is 0 Å². The molecule has 9 nitrogen and oxygen atoms in total. The molecular weight excluding hydrogens is 420 g/mol. The number of rotatable bonds is 6. The predicted octanol–water partition coefficient (Wildman–Crippen LogP) is 4.56. The summed E-state index contributed by atoms with van der Waals surface area (Å²) in [5.41, 5.74) is 38.2. The average molecular weight is 444 g/mol. The Morgan fingerprint density at radius 2 is 0.697 bits per heavy atom. The van der Waals surface area contributed by atoms with E-state index in [-0.39, 0.29) is 5.75 Å². The Balaban J connectivity index is 1.78. The molecule has 4 rings (SSSR count). The number of nitrogens with two attached hydrogens (primary N) is 6. The molecule has 0 unspecified atom stereocenters. The summed E-state index contributed by atoms with van der Waals surface area (Å²) >= 11 is 0. The van der Waals surface area contributed by atoms with Crippen molar-refractivity contribution >= 4 is 34.1 Å². The second-order valence-electron chi connectivity index (χ2n) is 7.40. The van der Waals surface area contributed by atoms with Crippen LogP contribution >= 0.6 is 0 Å². The van der Waals surface area contributed by atoms with Gasteiger partial charge in [0.1, 0.15) is 17.2 Å². The maximum atomic E-state index is 6.13. The molecule has 0 aromatic heterocycles. The van der Waals surface area contributed by atoms with Gasteiger partial charge in [-0.15, -0.1) is 0 Å². The summed E-state index contributed by atoms with van der Waals surface area (Å²) in [5.74, 6) is 2.20. The lowest BCUT2D eigenvalue weighted by atomic mass is 10.2. The van der Waals surface area contributed by atoms with Crippen molar-refractivity contribution in [3.63, 3.8) is 0 Å². The van der Waals surface area contributed by atoms with Crippen molar-refractivity contribution in [3.8, 4) is 34.5 Å². The molecule has 0 fully saturated rings. The van der Waals surface area contributed by atoms with E-state index in [1.54, 1.807) is 72.8 Å². The van der Waals surface area contributed by atoms with Gasteiger partial charge in [0.25, 0.3) is 0 Å². The van der Waals surface area contributed by atoms with Crippen molar-refractivity contribution in [3.05, 3.63) is 72.8 Å². The molecule has 0 atom stereocenters. The Morgan fingerprint density at radius 1 is 0.394 bits per heavy atom. The Kier molecular flexibility index (Phi) is 5.60. The second kappa shape index (κ2) is 8.67. The third kappa shape index (κ3) is 5.23. The molecule has 0 saturated heterocycles. The quantitative estimate of drug-likeness (QED) is 0.232. The lowest BCUT2D eigenvalue weighted by Crippen LogP contribution is -1.98. The minimum atomic E-state index is 0.268. The highest BCUT2D eigenvalue weighted by atomic mass is 16.5. The molecule has 0 aliphatic rings. The molecule has 0 heterocycles. The van der Waals surface area contributed by atoms with Gasteiger partial charge in [0, 0.05) is 70.5 Å². The van der Waals surface area contributed by atoms with Gasteiger partial charge in [0.2, 0.25) is 5.75 Å². The first-order valence-electron chi connectivity index (χ1n) is 9.90. The number of hydrogen-bond donors (Lipinski definition) is 6. The lowest BCUT2D eigenvalue weighted by Gasteiger charge is -2.17. The minimum absolute atomic E-state index is 0.268. The zero-order chi connectivity index (χ0) is 23.5. The molecule has 4 aromatic rings. The summed E-state index contributed by atoms with van der Waals surface area (Å²) in [5, 5.41) is 0. The molecule has 12 N–H and O–H groups in total. The second-order valence-corrected chi connectivity index (χ2v) is 7.40. The van der Waals surface area contributed by atoms with Gasteiger partial charge in [-0.1, -0.05) is 6.07 Å². The molecule has 9 heteroatoms. The van der Waals surface area contributed by atoms with E-state index in [1.165, 1.54) is 0 Å². The Bertz CT molecular complexity index is 1190. The van der Waals surface area contributed by atoms with Crippen molar-refractivity contribution < 1.29 is 14.2 Å². The molecule has 0 bridgehead atoms. The number of anilines is 6. The molecule has 0 spiro atoms. The first kappa shape index (κ1) is 21.3. The molecule has 0 radical (unpaired) electrons. The first-order chi connectivity index (χ1) is 15.7. The van der Waals surface area contributed by atoms with E-state index in [4.69, 9.17) is 48.6 Å². The smallest absolute Gasteiger partial charge is 0.212 e. The Hall–Kier alpha value is -4.92. The van der Waals surface area contributed by atoms with Crippen LogP contribution < -0.4 is 48.6 Å². The van der Waals surface area contributed by atoms with Gasteiger partial charge in [-0.05, 0) is 30.3 Å². The average Bonchev–Trinajstić information content (AvgIpc) is 2.68. The summed E-state index contributed by atoms with van der Waals surface area (Å²) in [6.45, 7) is 0. The van der Waals surface area contributed by atoms with E-state index in [2.05, 4.69) is 0 Å². The molecule has 33 heavy (non-hydrogen) atoms. The molecule has 4 aromatic carbocycles. The molecule has 0 aliphatic carbocycles. The fourth-order valence-electron chi connectivity index (χ4n) is 3.24. The van der Waals surface area contributed by atoms with E-state index >= 15 is 0 Å². The number of hydrogen-bond acceptors (Lipinski definition) is 9. The van der Waals surface area contributed by atoms with Crippen molar-refractivity contribution in [2.75, 3.05) is 34.4 Å². The van der Waals surface area contributed by atoms with Crippen molar-refractivity contribution in [2.45, 2.75) is 0 Å². The van der Waals surface area contributed by atoms with E-state index < -0.39 is 0 Å². The van der Waals surface area contributed by atoms with Crippen LogP contribution in [0.1, 0.15) is 0 Å². The van der Waals surface area contributed by atoms with E-state index in [1.807, 2.05) is 0 Å². The van der Waals surface area contributed by atoms with Gasteiger partial charge < -0.3 is 48.6 Å². The lowest BCUT2D eigenvalue weighted by molar-refractivity contribution is 0.387. The minimum Gasteiger partial charge on any atom is -0.453 e. The SMILES string of the molecule is Nc1cc(N)cc(Oc2cccc(Oc3cc(N)cc(N)c3)c2Oc2cc(N)cc(N)c2)c1. The Labute approximate surface area is 190 Å². The zero-order valence-corrected chi connectivity index (χ0v) is 17.6. The van der Waals surface area contributed by atoms with Gasteiger partial charge in [-0.3, -0.25) is 0 Å². The molecule has 0 aliphatic heterocycles. The number of benzene rings is 4. The highest BCUT2D eigenvalue weighted by Crippen LogP contribution is 2.45. The fourth-order valence-corrected chi connectivity index (χ4v) is 3.24. The summed E-state index contributed by atoms with van der Waals surface area (Å²) in [7, 11) is 0. The van der Waals surface area contributed by atoms with E-state index in [0.717, 1.165) is 0 Å². The third-order valence-electron chi connectivity index (χ3n) is 4.47. The first-order valence-corrected chi connectivity index (χ1v) is 9.90. The van der Waals surface area contributed by atoms with Crippen LogP contribution in [-0.2, 0) is 0 Å². The largest absolute Gasteiger partial charge is 0.453 e. The van der Waals surface area contributed by atoms with E-state index in [9.17, 15) is 0 Å². The number of para-hydroxylation sites is 1. The van der Waals surface area contributed by atoms with Crippen molar-refractivity contribution in [1.29, 1.82) is 0 Å². The van der Waals surface area contributed by atoms with Crippen LogP contribution in [-0.4, -0.2) is 0 Å². The highest BCUT2D eigenvalue weighted by Gasteiger charge is 2.17. The van der Waals surface area contributed by atoms with Gasteiger partial charge in [-0.25, -0.2) is 0 Å². The molecular formula is C24H24N6O3. The third-order valence-corrected chi connectivity index (χ3v) is 4.47. The summed E-state index contributed by atoms with van der Waals surface area (Å²) in [4.78, 5) is 0. The van der Waals surface area contributed by atoms with Crippen LogP contribution in [0.4, 0.5) is 34.1 Å². The molecule has 0 amide bonds. The summed E-state index contributed by atoms with van der Waals surface area (Å²) < 4.78 is 18.2. The van der Waals surface area contributed by atoms with Crippen molar-refractivity contribution in [1.82, 2.24) is 0 Å². The zero-order valence-electron chi connectivity index (χ0n) is 17.6. The van der Waals surface area contributed by atoms with Crippen LogP contribution in [0.5, 0.6) is 34.5 Å². The van der Waals surface area contributed by atoms with Gasteiger partial charge in [-0.2, -0.15) is 0 Å². The maximum absolute atomic E-state index is 6.13. The standard InChI is InChI=1S/C24H24N6O3/c25-13-4-14(26)8-19(7-13)31-22-2-1-3-23(32-20-9-15(27)5-16(28)10-20)24(22)33-21-11-17(29)6-18(30)12-21/h1-12H,25-30H2. The van der Waals surface area contributed by atoms with Gasteiger partial charge in [0.05, 0.1) is 0 Å². The van der Waals surface area contributed by atoms with Crippen LogP contribution in [0.25, 0.3) is 0 Å². The number of ether oxygens (including phenoxy) is 3. The van der Waals surface area contributed by atoms with Crippen LogP contribution in [0.3, 0.4) is 0 Å². The molecule has 0 saturated carbocycles. The topological polar surface area (TPSA) is 184 Å². The monoisotopic (exact) mass is 444 g/mol. The fraction of sp³-hybridized carbons (Fsp3) is 0. The Morgan fingerprint density at radius 3 is 1.03 bits per heavy atom. The highest BCUT2D eigenvalue weighted by molar-refractivity contribution is 5.63. The maximum Gasteiger partial charge on any atom is 0.212 e. The summed E-state index contributed by atoms with van der Waals surface area (Å²) in [6.07, 6.45) is 0. The van der Waals surface area contributed by atoms with Crippen LogP contribution in [0.15, 0.2) is 72.8 Å². The van der Waals surface area contributed by atoms with E-state index in [0.29, 0.717) is 62.9 Å². The van der Waals surface area contributed by atoms with Crippen LogP contribution in [0.2, 0.25) is 0 Å².